The molecule has 4 nitrogen and oxygen atoms in total. The number of carbonyl (C=O) groups is 1. The molecule has 1 heterocycles. The molecule has 1 atom stereocenters. The van der Waals surface area contributed by atoms with Gasteiger partial charge in [-0.3, -0.25) is 4.79 Å². The van der Waals surface area contributed by atoms with Crippen LogP contribution in [0, 0.1) is 6.92 Å². The Balaban J connectivity index is 2.33. The first-order chi connectivity index (χ1) is 9.17. The van der Waals surface area contributed by atoms with Crippen LogP contribution in [0.15, 0.2) is 30.5 Å². The fraction of sp³-hybridized carbons (Fsp3) is 0.333. The molecule has 0 saturated carbocycles. The van der Waals surface area contributed by atoms with Crippen LogP contribution in [0.4, 0.5) is 0 Å². The summed E-state index contributed by atoms with van der Waals surface area (Å²) in [6.07, 6.45) is 2.43. The third kappa shape index (κ3) is 2.67. The van der Waals surface area contributed by atoms with E-state index in [9.17, 15) is 4.79 Å². The second-order valence-electron chi connectivity index (χ2n) is 4.48. The van der Waals surface area contributed by atoms with Crippen molar-refractivity contribution in [2.75, 3.05) is 7.11 Å². The predicted octanol–water partition coefficient (Wildman–Crippen LogP) is 3.05. The normalized spacial score (nSPS) is 12.2. The van der Waals surface area contributed by atoms with Crippen molar-refractivity contribution in [3.63, 3.8) is 0 Å². The van der Waals surface area contributed by atoms with E-state index in [0.29, 0.717) is 12.2 Å². The number of nitrogens with one attached hydrogen (secondary N) is 1. The maximum Gasteiger partial charge on any atom is 0.316 e. The first kappa shape index (κ1) is 13.3. The minimum atomic E-state index is -0.331. The van der Waals surface area contributed by atoms with Gasteiger partial charge in [-0.05, 0) is 18.9 Å². The molecule has 100 valence electrons. The average Bonchev–Trinajstić information content (AvgIpc) is 2.89. The molecule has 0 bridgehead atoms. The number of hydrogen-bond donors (Lipinski definition) is 1. The van der Waals surface area contributed by atoms with E-state index >= 15 is 0 Å². The number of imidazole rings is 1. The molecular formula is C15H18N2O2. The number of methoxy groups -OCH3 is 1. The van der Waals surface area contributed by atoms with E-state index in [2.05, 4.69) is 9.97 Å². The Morgan fingerprint density at radius 2 is 2.16 bits per heavy atom. The number of aryl methyl sites for hydroxylation is 1. The van der Waals surface area contributed by atoms with Crippen molar-refractivity contribution < 1.29 is 9.53 Å². The van der Waals surface area contributed by atoms with Crippen LogP contribution in [-0.4, -0.2) is 23.0 Å². The Hall–Kier alpha value is -2.10. The van der Waals surface area contributed by atoms with Gasteiger partial charge in [-0.2, -0.15) is 0 Å². The van der Waals surface area contributed by atoms with Crippen LogP contribution in [0.5, 0.6) is 0 Å². The van der Waals surface area contributed by atoms with Gasteiger partial charge in [-0.25, -0.2) is 4.98 Å². The molecule has 1 unspecified atom stereocenters. The standard InChI is InChI=1S/C15H18N2O2/c1-4-11(15(18)19-3)14-16-9-13(17-14)12-8-6-5-7-10(12)2/h5-9,11H,4H2,1-3H3,(H,16,17). The zero-order valence-corrected chi connectivity index (χ0v) is 11.4. The largest absolute Gasteiger partial charge is 0.468 e. The molecule has 2 aromatic rings. The molecule has 0 saturated heterocycles. The number of benzene rings is 1. The van der Waals surface area contributed by atoms with Crippen LogP contribution in [0.25, 0.3) is 11.3 Å². The van der Waals surface area contributed by atoms with Gasteiger partial charge in [0.1, 0.15) is 11.7 Å². The fourth-order valence-corrected chi connectivity index (χ4v) is 2.14. The Labute approximate surface area is 112 Å². The number of carbonyl (C=O) groups excluding carboxylic acids is 1. The zero-order chi connectivity index (χ0) is 13.8. The molecule has 1 N–H and O–H groups in total. The van der Waals surface area contributed by atoms with Gasteiger partial charge in [0.05, 0.1) is 19.0 Å². The highest BCUT2D eigenvalue weighted by atomic mass is 16.5. The highest BCUT2D eigenvalue weighted by Crippen LogP contribution is 2.24. The molecular weight excluding hydrogens is 240 g/mol. The number of aromatic nitrogens is 2. The number of H-pyrrole nitrogens is 1. The lowest BCUT2D eigenvalue weighted by atomic mass is 10.1. The molecule has 0 spiro atoms. The third-order valence-electron chi connectivity index (χ3n) is 3.25. The van der Waals surface area contributed by atoms with E-state index < -0.39 is 0 Å². The van der Waals surface area contributed by atoms with Crippen molar-refractivity contribution in [3.05, 3.63) is 41.9 Å². The average molecular weight is 258 g/mol. The molecule has 1 aromatic heterocycles. The van der Waals surface area contributed by atoms with Gasteiger partial charge in [0.2, 0.25) is 0 Å². The Morgan fingerprint density at radius 1 is 1.42 bits per heavy atom. The Bertz CT molecular complexity index is 575. The van der Waals surface area contributed by atoms with Crippen LogP contribution in [0.2, 0.25) is 0 Å². The SMILES string of the molecule is CCC(C(=O)OC)c1ncc(-c2ccccc2C)[nH]1. The van der Waals surface area contributed by atoms with Crippen LogP contribution in [0.1, 0.15) is 30.7 Å². The summed E-state index contributed by atoms with van der Waals surface area (Å²) in [6.45, 7) is 3.99. The first-order valence-corrected chi connectivity index (χ1v) is 6.36. The van der Waals surface area contributed by atoms with Crippen molar-refractivity contribution >= 4 is 5.97 Å². The summed E-state index contributed by atoms with van der Waals surface area (Å²) in [5.41, 5.74) is 3.19. The number of ether oxygens (including phenoxy) is 1. The first-order valence-electron chi connectivity index (χ1n) is 6.36. The summed E-state index contributed by atoms with van der Waals surface area (Å²) in [7, 11) is 1.40. The summed E-state index contributed by atoms with van der Waals surface area (Å²) in [5, 5.41) is 0. The summed E-state index contributed by atoms with van der Waals surface area (Å²) >= 11 is 0. The quantitative estimate of drug-likeness (QED) is 0.857. The van der Waals surface area contributed by atoms with E-state index in [4.69, 9.17) is 4.74 Å². The van der Waals surface area contributed by atoms with E-state index in [1.54, 1.807) is 6.20 Å². The molecule has 1 aromatic carbocycles. The van der Waals surface area contributed by atoms with E-state index in [1.807, 2.05) is 38.1 Å². The highest BCUT2D eigenvalue weighted by Gasteiger charge is 2.22. The molecule has 0 fully saturated rings. The number of rotatable bonds is 4. The third-order valence-corrected chi connectivity index (χ3v) is 3.25. The van der Waals surface area contributed by atoms with Crippen LogP contribution in [-0.2, 0) is 9.53 Å². The van der Waals surface area contributed by atoms with E-state index in [-0.39, 0.29) is 11.9 Å². The van der Waals surface area contributed by atoms with Gasteiger partial charge in [0.15, 0.2) is 0 Å². The van der Waals surface area contributed by atoms with Gasteiger partial charge in [0, 0.05) is 5.56 Å². The molecule has 0 aliphatic heterocycles. The van der Waals surface area contributed by atoms with Gasteiger partial charge in [-0.15, -0.1) is 0 Å². The lowest BCUT2D eigenvalue weighted by molar-refractivity contribution is -0.142. The topological polar surface area (TPSA) is 55.0 Å². The summed E-state index contributed by atoms with van der Waals surface area (Å²) in [6, 6.07) is 8.07. The number of esters is 1. The molecule has 19 heavy (non-hydrogen) atoms. The van der Waals surface area contributed by atoms with Crippen molar-refractivity contribution in [1.29, 1.82) is 0 Å². The maximum absolute atomic E-state index is 11.7. The van der Waals surface area contributed by atoms with Gasteiger partial charge >= 0.3 is 5.97 Å². The second-order valence-corrected chi connectivity index (χ2v) is 4.48. The Morgan fingerprint density at radius 3 is 2.79 bits per heavy atom. The summed E-state index contributed by atoms with van der Waals surface area (Å²) in [5.74, 6) is 0.0727. The smallest absolute Gasteiger partial charge is 0.316 e. The summed E-state index contributed by atoms with van der Waals surface area (Å²) in [4.78, 5) is 19.2. The van der Waals surface area contributed by atoms with Gasteiger partial charge in [0.25, 0.3) is 0 Å². The zero-order valence-electron chi connectivity index (χ0n) is 11.4. The van der Waals surface area contributed by atoms with Crippen LogP contribution in [0.3, 0.4) is 0 Å². The van der Waals surface area contributed by atoms with Gasteiger partial charge < -0.3 is 9.72 Å². The van der Waals surface area contributed by atoms with Crippen molar-refractivity contribution in [1.82, 2.24) is 9.97 Å². The second kappa shape index (κ2) is 5.69. The van der Waals surface area contributed by atoms with Crippen molar-refractivity contribution in [2.24, 2.45) is 0 Å². The molecule has 4 heteroatoms. The lowest BCUT2D eigenvalue weighted by Gasteiger charge is -2.09. The molecule has 2 rings (SSSR count). The number of nitrogens with zero attached hydrogens (tertiary/aromatic N) is 1. The number of hydrogen-bond acceptors (Lipinski definition) is 3. The summed E-state index contributed by atoms with van der Waals surface area (Å²) < 4.78 is 4.80. The van der Waals surface area contributed by atoms with E-state index in [0.717, 1.165) is 11.3 Å². The molecule has 0 amide bonds. The van der Waals surface area contributed by atoms with Crippen molar-refractivity contribution in [2.45, 2.75) is 26.2 Å². The minimum absolute atomic E-state index is 0.256. The molecule has 0 aliphatic carbocycles. The maximum atomic E-state index is 11.7. The van der Waals surface area contributed by atoms with Crippen molar-refractivity contribution in [3.8, 4) is 11.3 Å². The van der Waals surface area contributed by atoms with Crippen LogP contribution < -0.4 is 0 Å². The molecule has 0 radical (unpaired) electrons. The lowest BCUT2D eigenvalue weighted by Crippen LogP contribution is -2.14. The van der Waals surface area contributed by atoms with Crippen LogP contribution >= 0.6 is 0 Å². The predicted molar refractivity (Wildman–Crippen MR) is 73.8 cm³/mol. The fourth-order valence-electron chi connectivity index (χ4n) is 2.14. The molecule has 0 aliphatic rings. The van der Waals surface area contributed by atoms with E-state index in [1.165, 1.54) is 12.7 Å². The Kier molecular flexibility index (Phi) is 4.00. The number of aromatic amines is 1. The monoisotopic (exact) mass is 258 g/mol. The van der Waals surface area contributed by atoms with Gasteiger partial charge in [-0.1, -0.05) is 31.2 Å². The minimum Gasteiger partial charge on any atom is -0.468 e. The highest BCUT2D eigenvalue weighted by molar-refractivity contribution is 5.77.